The average Bonchev–Trinajstić information content (AvgIpc) is 2.38. The highest BCUT2D eigenvalue weighted by Gasteiger charge is 2.25. The highest BCUT2D eigenvalue weighted by Crippen LogP contribution is 2.22. The number of benzene rings is 1. The Morgan fingerprint density at radius 1 is 1.30 bits per heavy atom. The molecule has 0 bridgehead atoms. The quantitative estimate of drug-likeness (QED) is 0.923. The van der Waals surface area contributed by atoms with Crippen LogP contribution in [0, 0.1) is 6.92 Å². The molecular weight excluding hydrogens is 272 g/mol. The van der Waals surface area contributed by atoms with Gasteiger partial charge < -0.3 is 5.32 Å². The second kappa shape index (κ2) is 5.05. The molecule has 1 aromatic heterocycles. The zero-order chi connectivity index (χ0) is 14.2. The van der Waals surface area contributed by atoms with Gasteiger partial charge in [-0.15, -0.1) is 0 Å². The van der Waals surface area contributed by atoms with E-state index in [1.165, 1.54) is 0 Å². The van der Waals surface area contributed by atoms with Gasteiger partial charge in [0.1, 0.15) is 5.82 Å². The van der Waals surface area contributed by atoms with Crippen LogP contribution in [0.25, 0.3) is 10.9 Å². The number of anilines is 1. The predicted molar refractivity (Wildman–Crippen MR) is 81.8 cm³/mol. The van der Waals surface area contributed by atoms with Crippen molar-refractivity contribution >= 4 is 26.6 Å². The standard InChI is InChI=1S/C15H18N2O2S/c1-11-9-12-5-2-3-7-14(12)17-15(11)16-13-6-4-8-20(18,19)10-13/h2-3,5,7,9,13H,4,6,8,10H2,1H3,(H,16,17). The molecule has 1 fully saturated rings. The number of nitrogens with zero attached hydrogens (tertiary/aromatic N) is 1. The van der Waals surface area contributed by atoms with Gasteiger partial charge in [-0.25, -0.2) is 13.4 Å². The van der Waals surface area contributed by atoms with Crippen LogP contribution in [-0.4, -0.2) is 30.9 Å². The van der Waals surface area contributed by atoms with E-state index in [9.17, 15) is 8.42 Å². The average molecular weight is 290 g/mol. The minimum absolute atomic E-state index is 0.0267. The van der Waals surface area contributed by atoms with Gasteiger partial charge in [0.25, 0.3) is 0 Å². The third kappa shape index (κ3) is 2.77. The van der Waals surface area contributed by atoms with Gasteiger partial charge in [-0.1, -0.05) is 18.2 Å². The molecule has 20 heavy (non-hydrogen) atoms. The fraction of sp³-hybridized carbons (Fsp3) is 0.400. The first-order chi connectivity index (χ1) is 9.53. The molecule has 3 rings (SSSR count). The number of nitrogens with one attached hydrogen (secondary N) is 1. The minimum atomic E-state index is -2.90. The maximum Gasteiger partial charge on any atom is 0.152 e. The van der Waals surface area contributed by atoms with Crippen molar-refractivity contribution in [3.63, 3.8) is 0 Å². The van der Waals surface area contributed by atoms with Crippen molar-refractivity contribution in [3.05, 3.63) is 35.9 Å². The van der Waals surface area contributed by atoms with Crippen molar-refractivity contribution in [2.75, 3.05) is 16.8 Å². The maximum absolute atomic E-state index is 11.7. The van der Waals surface area contributed by atoms with Crippen LogP contribution in [0.15, 0.2) is 30.3 Å². The summed E-state index contributed by atoms with van der Waals surface area (Å²) in [5.41, 5.74) is 1.98. The normalized spacial score (nSPS) is 21.8. The fourth-order valence-corrected chi connectivity index (χ4v) is 4.33. The fourth-order valence-electron chi connectivity index (χ4n) is 2.70. The highest BCUT2D eigenvalue weighted by molar-refractivity contribution is 7.91. The molecule has 4 nitrogen and oxygen atoms in total. The Hall–Kier alpha value is -1.62. The summed E-state index contributed by atoms with van der Waals surface area (Å²) in [6, 6.07) is 10.0. The molecule has 1 atom stereocenters. The molecule has 2 heterocycles. The molecule has 5 heteroatoms. The number of aryl methyl sites for hydroxylation is 1. The summed E-state index contributed by atoms with van der Waals surface area (Å²) in [5, 5.41) is 4.41. The second-order valence-corrected chi connectivity index (χ2v) is 7.67. The summed E-state index contributed by atoms with van der Waals surface area (Å²) < 4.78 is 23.4. The van der Waals surface area contributed by atoms with Crippen LogP contribution in [0.5, 0.6) is 0 Å². The highest BCUT2D eigenvalue weighted by atomic mass is 32.2. The Balaban J connectivity index is 1.89. The molecule has 1 aliphatic heterocycles. The Kier molecular flexibility index (Phi) is 3.38. The van der Waals surface area contributed by atoms with E-state index in [0.717, 1.165) is 35.1 Å². The van der Waals surface area contributed by atoms with E-state index in [1.807, 2.05) is 31.2 Å². The topological polar surface area (TPSA) is 59.1 Å². The molecule has 1 unspecified atom stereocenters. The zero-order valence-electron chi connectivity index (χ0n) is 11.5. The lowest BCUT2D eigenvalue weighted by atomic mass is 10.1. The van der Waals surface area contributed by atoms with Crippen molar-refractivity contribution < 1.29 is 8.42 Å². The van der Waals surface area contributed by atoms with Gasteiger partial charge in [0.15, 0.2) is 9.84 Å². The number of aromatic nitrogens is 1. The van der Waals surface area contributed by atoms with E-state index in [-0.39, 0.29) is 11.8 Å². The molecule has 0 spiro atoms. The number of rotatable bonds is 2. The van der Waals surface area contributed by atoms with Gasteiger partial charge in [-0.05, 0) is 37.5 Å². The summed E-state index contributed by atoms with van der Waals surface area (Å²) in [7, 11) is -2.90. The minimum Gasteiger partial charge on any atom is -0.366 e. The Bertz CT molecular complexity index is 741. The summed E-state index contributed by atoms with van der Waals surface area (Å²) in [6.45, 7) is 2.00. The van der Waals surface area contributed by atoms with E-state index in [1.54, 1.807) is 0 Å². The van der Waals surface area contributed by atoms with Gasteiger partial charge >= 0.3 is 0 Å². The summed E-state index contributed by atoms with van der Waals surface area (Å²) in [6.07, 6.45) is 1.61. The lowest BCUT2D eigenvalue weighted by molar-refractivity contribution is 0.561. The van der Waals surface area contributed by atoms with E-state index in [0.29, 0.717) is 5.75 Å². The van der Waals surface area contributed by atoms with Gasteiger partial charge in [-0.3, -0.25) is 0 Å². The van der Waals surface area contributed by atoms with Gasteiger partial charge in [0, 0.05) is 11.4 Å². The van der Waals surface area contributed by atoms with E-state index in [2.05, 4.69) is 16.4 Å². The Morgan fingerprint density at radius 2 is 2.10 bits per heavy atom. The molecule has 0 radical (unpaired) electrons. The lowest BCUT2D eigenvalue weighted by Gasteiger charge is -2.24. The van der Waals surface area contributed by atoms with Crippen LogP contribution in [0.1, 0.15) is 18.4 Å². The molecular formula is C15H18N2O2S. The monoisotopic (exact) mass is 290 g/mol. The first kappa shape index (κ1) is 13.4. The number of para-hydroxylation sites is 1. The molecule has 106 valence electrons. The summed E-state index contributed by atoms with van der Waals surface area (Å²) in [5.74, 6) is 1.32. The summed E-state index contributed by atoms with van der Waals surface area (Å²) >= 11 is 0. The van der Waals surface area contributed by atoms with Crippen molar-refractivity contribution in [3.8, 4) is 0 Å². The molecule has 0 aliphatic carbocycles. The maximum atomic E-state index is 11.7. The molecule has 2 aromatic rings. The first-order valence-corrected chi connectivity index (χ1v) is 8.69. The van der Waals surface area contributed by atoms with Crippen LogP contribution in [-0.2, 0) is 9.84 Å². The lowest BCUT2D eigenvalue weighted by Crippen LogP contribution is -2.35. The van der Waals surface area contributed by atoms with E-state index in [4.69, 9.17) is 0 Å². The van der Waals surface area contributed by atoms with Crippen LogP contribution >= 0.6 is 0 Å². The third-order valence-corrected chi connectivity index (χ3v) is 5.54. The van der Waals surface area contributed by atoms with Gasteiger partial charge in [0.05, 0.1) is 17.0 Å². The SMILES string of the molecule is Cc1cc2ccccc2nc1NC1CCCS(=O)(=O)C1. The van der Waals surface area contributed by atoms with E-state index >= 15 is 0 Å². The largest absolute Gasteiger partial charge is 0.366 e. The number of pyridine rings is 1. The second-order valence-electron chi connectivity index (χ2n) is 5.44. The van der Waals surface area contributed by atoms with Gasteiger partial charge in [0.2, 0.25) is 0 Å². The van der Waals surface area contributed by atoms with Crippen molar-refractivity contribution in [1.82, 2.24) is 4.98 Å². The molecule has 0 amide bonds. The van der Waals surface area contributed by atoms with Crippen LogP contribution in [0.3, 0.4) is 0 Å². The Morgan fingerprint density at radius 3 is 2.90 bits per heavy atom. The Labute approximate surface area is 119 Å². The molecule has 0 saturated carbocycles. The van der Waals surface area contributed by atoms with Crippen LogP contribution in [0.4, 0.5) is 5.82 Å². The number of fused-ring (bicyclic) bond motifs is 1. The zero-order valence-corrected chi connectivity index (χ0v) is 12.3. The van der Waals surface area contributed by atoms with E-state index < -0.39 is 9.84 Å². The number of sulfone groups is 1. The predicted octanol–water partition coefficient (Wildman–Crippen LogP) is 2.53. The molecule has 1 saturated heterocycles. The van der Waals surface area contributed by atoms with Crippen LogP contribution in [0.2, 0.25) is 0 Å². The third-order valence-electron chi connectivity index (χ3n) is 3.72. The van der Waals surface area contributed by atoms with Crippen molar-refractivity contribution in [2.45, 2.75) is 25.8 Å². The number of hydrogen-bond donors (Lipinski definition) is 1. The van der Waals surface area contributed by atoms with Crippen molar-refractivity contribution in [1.29, 1.82) is 0 Å². The molecule has 1 N–H and O–H groups in total. The van der Waals surface area contributed by atoms with Crippen molar-refractivity contribution in [2.24, 2.45) is 0 Å². The van der Waals surface area contributed by atoms with Gasteiger partial charge in [-0.2, -0.15) is 0 Å². The first-order valence-electron chi connectivity index (χ1n) is 6.87. The van der Waals surface area contributed by atoms with Crippen LogP contribution < -0.4 is 5.32 Å². The molecule has 1 aromatic carbocycles. The molecule has 1 aliphatic rings. The summed E-state index contributed by atoms with van der Waals surface area (Å²) in [4.78, 5) is 4.61. The smallest absolute Gasteiger partial charge is 0.152 e. The number of hydrogen-bond acceptors (Lipinski definition) is 4.